The van der Waals surface area contributed by atoms with Crippen LogP contribution in [0, 0.1) is 6.92 Å². The van der Waals surface area contributed by atoms with Crippen LogP contribution >= 0.6 is 12.2 Å². The van der Waals surface area contributed by atoms with Gasteiger partial charge in [0, 0.05) is 42.4 Å². The van der Waals surface area contributed by atoms with Crippen molar-refractivity contribution in [1.29, 1.82) is 0 Å². The predicted octanol–water partition coefficient (Wildman–Crippen LogP) is 5.58. The van der Waals surface area contributed by atoms with E-state index in [1.165, 1.54) is 0 Å². The molecule has 0 radical (unpaired) electrons. The summed E-state index contributed by atoms with van der Waals surface area (Å²) >= 11 is 5.80. The van der Waals surface area contributed by atoms with Crippen molar-refractivity contribution in [1.82, 2.24) is 19.8 Å². The van der Waals surface area contributed by atoms with Crippen molar-refractivity contribution in [3.05, 3.63) is 108 Å². The van der Waals surface area contributed by atoms with Gasteiger partial charge in [0.1, 0.15) is 5.75 Å². The van der Waals surface area contributed by atoms with E-state index in [-0.39, 0.29) is 18.0 Å². The first kappa shape index (κ1) is 25.5. The average Bonchev–Trinajstić information content (AvgIpc) is 3.53. The van der Waals surface area contributed by atoms with Crippen LogP contribution in [0.15, 0.2) is 91.3 Å². The van der Waals surface area contributed by atoms with E-state index in [9.17, 15) is 4.79 Å². The molecule has 2 atom stereocenters. The van der Waals surface area contributed by atoms with E-state index in [2.05, 4.69) is 31.2 Å². The van der Waals surface area contributed by atoms with Gasteiger partial charge in [-0.1, -0.05) is 18.2 Å². The molecule has 0 bridgehead atoms. The highest BCUT2D eigenvalue weighted by Crippen LogP contribution is 2.39. The van der Waals surface area contributed by atoms with Gasteiger partial charge in [-0.25, -0.2) is 0 Å². The molecule has 1 aliphatic heterocycles. The molecule has 4 aromatic rings. The number of anilines is 1. The second-order valence-corrected chi connectivity index (χ2v) is 9.60. The van der Waals surface area contributed by atoms with Crippen LogP contribution < -0.4 is 15.4 Å². The predicted molar refractivity (Wildman–Crippen MR) is 154 cm³/mol. The molecule has 1 aliphatic rings. The topological polar surface area (TPSA) is 71.4 Å². The summed E-state index contributed by atoms with van der Waals surface area (Å²) in [6.45, 7) is 5.07. The highest BCUT2D eigenvalue weighted by atomic mass is 32.1. The van der Waals surface area contributed by atoms with Crippen LogP contribution in [0.3, 0.4) is 0 Å². The van der Waals surface area contributed by atoms with Crippen LogP contribution in [0.25, 0.3) is 5.69 Å². The number of aromatic nitrogens is 2. The maximum absolute atomic E-state index is 12.9. The summed E-state index contributed by atoms with van der Waals surface area (Å²) in [5.41, 5.74) is 4.86. The molecule has 2 aromatic carbocycles. The SMILES string of the molecule is CCOc1ccc(-n2cccc2[C@@H]2[C@H](c3ccccn3)NC(=S)N2CCC(=O)Nc2cccc(C)c2)cc1. The van der Waals surface area contributed by atoms with E-state index in [0.717, 1.165) is 34.1 Å². The molecule has 1 saturated heterocycles. The van der Waals surface area contributed by atoms with Crippen molar-refractivity contribution in [2.24, 2.45) is 0 Å². The molecule has 1 amide bonds. The van der Waals surface area contributed by atoms with Gasteiger partial charge >= 0.3 is 0 Å². The fourth-order valence-corrected chi connectivity index (χ4v) is 5.21. The first-order chi connectivity index (χ1) is 18.5. The molecule has 0 saturated carbocycles. The molecule has 0 unspecified atom stereocenters. The number of benzene rings is 2. The number of amides is 1. The number of ether oxygens (including phenoxy) is 1. The van der Waals surface area contributed by atoms with Crippen molar-refractivity contribution in [3.63, 3.8) is 0 Å². The lowest BCUT2D eigenvalue weighted by atomic mass is 10.0. The van der Waals surface area contributed by atoms with E-state index < -0.39 is 0 Å². The number of carbonyl (C=O) groups excluding carboxylic acids is 1. The van der Waals surface area contributed by atoms with E-state index in [4.69, 9.17) is 17.0 Å². The third kappa shape index (κ3) is 5.55. The number of carbonyl (C=O) groups is 1. The molecule has 7 nitrogen and oxygen atoms in total. The van der Waals surface area contributed by atoms with Crippen LogP contribution in [-0.2, 0) is 4.79 Å². The second-order valence-electron chi connectivity index (χ2n) is 9.22. The highest BCUT2D eigenvalue weighted by Gasteiger charge is 2.41. The van der Waals surface area contributed by atoms with Crippen LogP contribution in [0.5, 0.6) is 5.75 Å². The van der Waals surface area contributed by atoms with Crippen LogP contribution in [0.1, 0.15) is 42.4 Å². The summed E-state index contributed by atoms with van der Waals surface area (Å²) in [5, 5.41) is 7.09. The molecule has 2 N–H and O–H groups in total. The molecule has 0 spiro atoms. The summed E-state index contributed by atoms with van der Waals surface area (Å²) < 4.78 is 7.79. The van der Waals surface area contributed by atoms with E-state index in [1.54, 1.807) is 6.20 Å². The molecule has 2 aromatic heterocycles. The minimum atomic E-state index is -0.167. The highest BCUT2D eigenvalue weighted by molar-refractivity contribution is 7.80. The standard InChI is InChI=1S/C30H31N5O2S/c1-3-37-24-14-12-23(13-15-24)34-18-7-11-26(34)29-28(25-10-4-5-17-31-25)33-30(38)35(29)19-16-27(36)32-22-9-6-8-21(2)20-22/h4-15,17-18,20,28-29H,3,16,19H2,1-2H3,(H,32,36)(H,33,38)/t28-,29+/m0/s1. The third-order valence-electron chi connectivity index (χ3n) is 6.59. The Labute approximate surface area is 228 Å². The van der Waals surface area contributed by atoms with Gasteiger partial charge in [0.25, 0.3) is 0 Å². The number of nitrogens with zero attached hydrogens (tertiary/aromatic N) is 3. The first-order valence-electron chi connectivity index (χ1n) is 12.8. The molecule has 0 aliphatic carbocycles. The molecule has 8 heteroatoms. The lowest BCUT2D eigenvalue weighted by Gasteiger charge is -2.29. The van der Waals surface area contributed by atoms with E-state index >= 15 is 0 Å². The summed E-state index contributed by atoms with van der Waals surface area (Å²) in [6, 6.07) is 25.5. The molecule has 38 heavy (non-hydrogen) atoms. The van der Waals surface area contributed by atoms with E-state index in [1.807, 2.05) is 92.8 Å². The first-order valence-corrected chi connectivity index (χ1v) is 13.2. The zero-order valence-corrected chi connectivity index (χ0v) is 22.3. The molecule has 3 heterocycles. The summed E-state index contributed by atoms with van der Waals surface area (Å²) in [5.74, 6) is 0.779. The maximum atomic E-state index is 12.9. The van der Waals surface area contributed by atoms with Gasteiger partial charge in [-0.05, 0) is 92.3 Å². The number of pyridine rings is 1. The van der Waals surface area contributed by atoms with Crippen LogP contribution in [-0.4, -0.2) is 38.6 Å². The number of rotatable bonds is 9. The average molecular weight is 526 g/mol. The Morgan fingerprint density at radius 2 is 1.92 bits per heavy atom. The van der Waals surface area contributed by atoms with Gasteiger partial charge in [0.15, 0.2) is 5.11 Å². The van der Waals surface area contributed by atoms with Gasteiger partial charge in [0.05, 0.1) is 24.4 Å². The molecular formula is C30H31N5O2S. The molecule has 194 valence electrons. The Bertz CT molecular complexity index is 1400. The fourth-order valence-electron chi connectivity index (χ4n) is 4.88. The summed E-state index contributed by atoms with van der Waals surface area (Å²) in [4.78, 5) is 19.6. The Morgan fingerprint density at radius 1 is 1.08 bits per heavy atom. The maximum Gasteiger partial charge on any atom is 0.226 e. The Kier molecular flexibility index (Phi) is 7.70. The van der Waals surface area contributed by atoms with E-state index in [0.29, 0.717) is 24.7 Å². The number of nitrogens with one attached hydrogen (secondary N) is 2. The van der Waals surface area contributed by atoms with Crippen molar-refractivity contribution in [2.45, 2.75) is 32.4 Å². The number of thiocarbonyl (C=S) groups is 1. The zero-order valence-electron chi connectivity index (χ0n) is 21.5. The second kappa shape index (κ2) is 11.5. The minimum absolute atomic E-state index is 0.0552. The van der Waals surface area contributed by atoms with Gasteiger partial charge in [0.2, 0.25) is 5.91 Å². The van der Waals surface area contributed by atoms with Crippen molar-refractivity contribution < 1.29 is 9.53 Å². The van der Waals surface area contributed by atoms with Crippen molar-refractivity contribution in [2.75, 3.05) is 18.5 Å². The lowest BCUT2D eigenvalue weighted by Crippen LogP contribution is -2.33. The smallest absolute Gasteiger partial charge is 0.226 e. The van der Waals surface area contributed by atoms with Crippen molar-refractivity contribution >= 4 is 28.9 Å². The molecule has 5 rings (SSSR count). The number of hydrogen-bond donors (Lipinski definition) is 2. The minimum Gasteiger partial charge on any atom is -0.494 e. The Morgan fingerprint density at radius 3 is 2.66 bits per heavy atom. The van der Waals surface area contributed by atoms with Gasteiger partial charge < -0.3 is 24.8 Å². The van der Waals surface area contributed by atoms with Gasteiger partial charge in [-0.3, -0.25) is 9.78 Å². The largest absolute Gasteiger partial charge is 0.494 e. The van der Waals surface area contributed by atoms with Gasteiger partial charge in [-0.2, -0.15) is 0 Å². The molecule has 1 fully saturated rings. The molecular weight excluding hydrogens is 494 g/mol. The van der Waals surface area contributed by atoms with Crippen LogP contribution in [0.2, 0.25) is 0 Å². The lowest BCUT2D eigenvalue weighted by molar-refractivity contribution is -0.116. The quantitative estimate of drug-likeness (QED) is 0.278. The Balaban J connectivity index is 1.43. The van der Waals surface area contributed by atoms with Gasteiger partial charge in [-0.15, -0.1) is 0 Å². The summed E-state index contributed by atoms with van der Waals surface area (Å²) in [7, 11) is 0. The third-order valence-corrected chi connectivity index (χ3v) is 6.94. The number of aryl methyl sites for hydroxylation is 1. The summed E-state index contributed by atoms with van der Waals surface area (Å²) in [6.07, 6.45) is 4.13. The Hall–Kier alpha value is -4.17. The zero-order chi connectivity index (χ0) is 26.5. The monoisotopic (exact) mass is 525 g/mol. The van der Waals surface area contributed by atoms with Crippen molar-refractivity contribution in [3.8, 4) is 11.4 Å². The number of hydrogen-bond acceptors (Lipinski definition) is 4. The normalized spacial score (nSPS) is 16.8. The van der Waals surface area contributed by atoms with Crippen LogP contribution in [0.4, 0.5) is 5.69 Å². The fraction of sp³-hybridized carbons (Fsp3) is 0.233.